The van der Waals surface area contributed by atoms with Crippen LogP contribution < -0.4 is 10.1 Å². The Bertz CT molecular complexity index is 524. The van der Waals surface area contributed by atoms with Crippen LogP contribution in [0.1, 0.15) is 13.3 Å². The summed E-state index contributed by atoms with van der Waals surface area (Å²) >= 11 is 0. The SMILES string of the molecule is CCCNc1ncnc(-c2cnnn2C)c1OC. The average Bonchev–Trinajstić information content (AvgIpc) is 2.81. The van der Waals surface area contributed by atoms with Gasteiger partial charge in [-0.2, -0.15) is 0 Å². The third-order valence-corrected chi connectivity index (χ3v) is 2.51. The molecule has 2 rings (SSSR count). The molecule has 1 N–H and O–H groups in total. The molecular weight excluding hydrogens is 232 g/mol. The minimum atomic E-state index is 0.608. The van der Waals surface area contributed by atoms with Crippen molar-refractivity contribution in [2.45, 2.75) is 13.3 Å². The van der Waals surface area contributed by atoms with E-state index >= 15 is 0 Å². The Morgan fingerprint density at radius 3 is 2.83 bits per heavy atom. The molecule has 0 aliphatic carbocycles. The zero-order chi connectivity index (χ0) is 13.0. The molecule has 0 fully saturated rings. The fourth-order valence-electron chi connectivity index (χ4n) is 1.62. The maximum absolute atomic E-state index is 5.40. The molecule has 0 atom stereocenters. The minimum Gasteiger partial charge on any atom is -0.491 e. The Balaban J connectivity index is 2.45. The number of hydrogen-bond donors (Lipinski definition) is 1. The van der Waals surface area contributed by atoms with Gasteiger partial charge in [0.1, 0.15) is 17.7 Å². The quantitative estimate of drug-likeness (QED) is 0.853. The van der Waals surface area contributed by atoms with Crippen molar-refractivity contribution in [3.8, 4) is 17.1 Å². The van der Waals surface area contributed by atoms with Crippen molar-refractivity contribution in [3.63, 3.8) is 0 Å². The van der Waals surface area contributed by atoms with E-state index in [1.165, 1.54) is 6.33 Å². The van der Waals surface area contributed by atoms with E-state index in [1.54, 1.807) is 18.0 Å². The fraction of sp³-hybridized carbons (Fsp3) is 0.455. The Kier molecular flexibility index (Phi) is 3.71. The van der Waals surface area contributed by atoms with Gasteiger partial charge >= 0.3 is 0 Å². The number of nitrogens with one attached hydrogen (secondary N) is 1. The number of ether oxygens (including phenoxy) is 1. The van der Waals surface area contributed by atoms with Gasteiger partial charge < -0.3 is 10.1 Å². The van der Waals surface area contributed by atoms with Crippen LogP contribution in [0.5, 0.6) is 5.75 Å². The monoisotopic (exact) mass is 248 g/mol. The summed E-state index contributed by atoms with van der Waals surface area (Å²) in [5.41, 5.74) is 1.47. The molecular formula is C11H16N6O. The molecule has 0 amide bonds. The second-order valence-corrected chi connectivity index (χ2v) is 3.77. The number of nitrogens with zero attached hydrogens (tertiary/aromatic N) is 5. The van der Waals surface area contributed by atoms with Crippen LogP contribution in [0.25, 0.3) is 11.4 Å². The van der Waals surface area contributed by atoms with Crippen molar-refractivity contribution in [2.24, 2.45) is 7.05 Å². The van der Waals surface area contributed by atoms with Gasteiger partial charge in [-0.15, -0.1) is 5.10 Å². The van der Waals surface area contributed by atoms with E-state index in [9.17, 15) is 0 Å². The summed E-state index contributed by atoms with van der Waals surface area (Å²) in [5, 5.41) is 10.9. The van der Waals surface area contributed by atoms with E-state index in [-0.39, 0.29) is 0 Å². The molecule has 0 saturated carbocycles. The molecule has 0 radical (unpaired) electrons. The topological polar surface area (TPSA) is 77.8 Å². The first-order valence-corrected chi connectivity index (χ1v) is 5.75. The lowest BCUT2D eigenvalue weighted by atomic mass is 10.2. The van der Waals surface area contributed by atoms with Crippen molar-refractivity contribution in [1.29, 1.82) is 0 Å². The first kappa shape index (κ1) is 12.3. The van der Waals surface area contributed by atoms with Crippen LogP contribution in [-0.4, -0.2) is 38.6 Å². The highest BCUT2D eigenvalue weighted by Crippen LogP contribution is 2.31. The first-order chi connectivity index (χ1) is 8.77. The number of methoxy groups -OCH3 is 1. The lowest BCUT2D eigenvalue weighted by molar-refractivity contribution is 0.414. The highest BCUT2D eigenvalue weighted by molar-refractivity contribution is 5.69. The molecule has 7 nitrogen and oxygen atoms in total. The van der Waals surface area contributed by atoms with Crippen molar-refractivity contribution in [3.05, 3.63) is 12.5 Å². The van der Waals surface area contributed by atoms with Crippen LogP contribution in [0.3, 0.4) is 0 Å². The van der Waals surface area contributed by atoms with Gasteiger partial charge in [0.25, 0.3) is 0 Å². The molecule has 0 aliphatic heterocycles. The molecule has 0 aliphatic rings. The number of aryl methyl sites for hydroxylation is 1. The molecule has 0 spiro atoms. The molecule has 2 heterocycles. The lowest BCUT2D eigenvalue weighted by Gasteiger charge is -2.12. The third kappa shape index (κ3) is 2.24. The fourth-order valence-corrected chi connectivity index (χ4v) is 1.62. The Hall–Kier alpha value is -2.18. The summed E-state index contributed by atoms with van der Waals surface area (Å²) in [6.07, 6.45) is 4.16. The van der Waals surface area contributed by atoms with Gasteiger partial charge in [-0.1, -0.05) is 12.1 Å². The second-order valence-electron chi connectivity index (χ2n) is 3.77. The summed E-state index contributed by atoms with van der Waals surface area (Å²) in [4.78, 5) is 8.43. The van der Waals surface area contributed by atoms with Crippen molar-refractivity contribution >= 4 is 5.82 Å². The van der Waals surface area contributed by atoms with E-state index < -0.39 is 0 Å². The van der Waals surface area contributed by atoms with Gasteiger partial charge in [0.15, 0.2) is 11.6 Å². The third-order valence-electron chi connectivity index (χ3n) is 2.51. The number of rotatable bonds is 5. The Labute approximate surface area is 105 Å². The lowest BCUT2D eigenvalue weighted by Crippen LogP contribution is -2.07. The van der Waals surface area contributed by atoms with Crippen molar-refractivity contribution in [2.75, 3.05) is 19.0 Å². The molecule has 18 heavy (non-hydrogen) atoms. The van der Waals surface area contributed by atoms with Crippen LogP contribution in [0, 0.1) is 0 Å². The van der Waals surface area contributed by atoms with E-state index in [1.807, 2.05) is 7.05 Å². The Morgan fingerprint density at radius 1 is 1.39 bits per heavy atom. The zero-order valence-corrected chi connectivity index (χ0v) is 10.7. The van der Waals surface area contributed by atoms with Gasteiger partial charge in [0.05, 0.1) is 13.3 Å². The summed E-state index contributed by atoms with van der Waals surface area (Å²) in [7, 11) is 3.41. The summed E-state index contributed by atoms with van der Waals surface area (Å²) in [5.74, 6) is 1.29. The van der Waals surface area contributed by atoms with Crippen LogP contribution >= 0.6 is 0 Å². The maximum atomic E-state index is 5.40. The molecule has 7 heteroatoms. The van der Waals surface area contributed by atoms with E-state index in [2.05, 4.69) is 32.5 Å². The van der Waals surface area contributed by atoms with Crippen LogP contribution in [0.15, 0.2) is 12.5 Å². The highest BCUT2D eigenvalue weighted by atomic mass is 16.5. The molecule has 96 valence electrons. The van der Waals surface area contributed by atoms with Gasteiger partial charge in [-0.3, -0.25) is 0 Å². The highest BCUT2D eigenvalue weighted by Gasteiger charge is 2.16. The molecule has 0 saturated heterocycles. The summed E-state index contributed by atoms with van der Waals surface area (Å²) < 4.78 is 7.04. The molecule has 0 unspecified atom stereocenters. The largest absolute Gasteiger partial charge is 0.491 e. The normalized spacial score (nSPS) is 10.4. The van der Waals surface area contributed by atoms with Crippen molar-refractivity contribution < 1.29 is 4.74 Å². The number of aromatic nitrogens is 5. The average molecular weight is 248 g/mol. The standard InChI is InChI=1S/C11H16N6O/c1-4-5-12-11-10(18-3)9(13-7-14-11)8-6-15-16-17(8)2/h6-7H,4-5H2,1-3H3,(H,12,13,14). The van der Waals surface area contributed by atoms with Crippen LogP contribution in [0.4, 0.5) is 5.82 Å². The van der Waals surface area contributed by atoms with E-state index in [4.69, 9.17) is 4.74 Å². The smallest absolute Gasteiger partial charge is 0.189 e. The predicted octanol–water partition coefficient (Wildman–Crippen LogP) is 1.10. The number of hydrogen-bond acceptors (Lipinski definition) is 6. The molecule has 2 aromatic heterocycles. The summed E-state index contributed by atoms with van der Waals surface area (Å²) in [6.45, 7) is 2.92. The maximum Gasteiger partial charge on any atom is 0.189 e. The van der Waals surface area contributed by atoms with Crippen LogP contribution in [0.2, 0.25) is 0 Å². The van der Waals surface area contributed by atoms with E-state index in [0.717, 1.165) is 18.7 Å². The second kappa shape index (κ2) is 5.44. The van der Waals surface area contributed by atoms with Gasteiger partial charge in [0.2, 0.25) is 0 Å². The van der Waals surface area contributed by atoms with Gasteiger partial charge in [-0.05, 0) is 6.42 Å². The first-order valence-electron chi connectivity index (χ1n) is 5.75. The summed E-state index contributed by atoms with van der Waals surface area (Å²) in [6, 6.07) is 0. The van der Waals surface area contributed by atoms with Gasteiger partial charge in [-0.25, -0.2) is 14.6 Å². The molecule has 0 bridgehead atoms. The Morgan fingerprint density at radius 2 is 2.22 bits per heavy atom. The van der Waals surface area contributed by atoms with Crippen molar-refractivity contribution in [1.82, 2.24) is 25.0 Å². The predicted molar refractivity (Wildman–Crippen MR) is 67.4 cm³/mol. The van der Waals surface area contributed by atoms with E-state index in [0.29, 0.717) is 17.3 Å². The molecule has 0 aromatic carbocycles. The zero-order valence-electron chi connectivity index (χ0n) is 10.7. The van der Waals surface area contributed by atoms with Gasteiger partial charge in [0, 0.05) is 13.6 Å². The molecule has 2 aromatic rings. The number of anilines is 1. The van der Waals surface area contributed by atoms with Crippen LogP contribution in [-0.2, 0) is 7.05 Å². The minimum absolute atomic E-state index is 0.608.